The van der Waals surface area contributed by atoms with Crippen LogP contribution in [0.5, 0.6) is 0 Å². The first kappa shape index (κ1) is 5.85. The molecule has 0 heterocycles. The predicted octanol–water partition coefficient (Wildman–Crippen LogP) is -0.664. The van der Waals surface area contributed by atoms with Crippen LogP contribution in [0.2, 0.25) is 0 Å². The van der Waals surface area contributed by atoms with Gasteiger partial charge in [-0.2, -0.15) is 0 Å². The van der Waals surface area contributed by atoms with E-state index in [1.165, 1.54) is 0 Å². The molecule has 0 bridgehead atoms. The molecule has 0 saturated heterocycles. The molecule has 0 radical (unpaired) electrons. The van der Waals surface area contributed by atoms with Gasteiger partial charge in [0.05, 0.1) is 0 Å². The second kappa shape index (κ2) is 1.53. The zero-order valence-electron chi connectivity index (χ0n) is 2.38. The van der Waals surface area contributed by atoms with Crippen molar-refractivity contribution in [3.8, 4) is 0 Å². The van der Waals surface area contributed by atoms with Gasteiger partial charge in [0.2, 0.25) is 0 Å². The third kappa shape index (κ3) is 54.9. The van der Waals surface area contributed by atoms with Crippen molar-refractivity contribution in [3.05, 3.63) is 0 Å². The Kier molecular flexibility index (Phi) is 1.79. The van der Waals surface area contributed by atoms with Gasteiger partial charge in [-0.25, -0.2) is 0 Å². The van der Waals surface area contributed by atoms with Gasteiger partial charge < -0.3 is 0 Å². The Morgan fingerprint density at radius 2 is 1.60 bits per heavy atom. The van der Waals surface area contributed by atoms with Crippen molar-refractivity contribution in [2.75, 3.05) is 0 Å². The van der Waals surface area contributed by atoms with Gasteiger partial charge in [0.25, 0.3) is 0 Å². The van der Waals surface area contributed by atoms with Crippen LogP contribution in [-0.2, 0) is 31.2 Å². The van der Waals surface area contributed by atoms with Crippen LogP contribution in [0.1, 0.15) is 0 Å². The molecule has 0 aliphatic carbocycles. The van der Waals surface area contributed by atoms with Crippen LogP contribution in [0.25, 0.3) is 0 Å². The summed E-state index contributed by atoms with van der Waals surface area (Å²) in [7, 11) is 0. The summed E-state index contributed by atoms with van der Waals surface area (Å²) < 4.78 is 26.1. The van der Waals surface area contributed by atoms with E-state index in [9.17, 15) is 8.42 Å². The summed E-state index contributed by atoms with van der Waals surface area (Å²) in [5, 5.41) is 0. The molecule has 0 amide bonds. The van der Waals surface area contributed by atoms with Crippen LogP contribution in [0.4, 0.5) is 0 Å². The molecule has 0 aromatic heterocycles. The molecule has 27 valence electrons. The number of rotatable bonds is 0. The Hall–Kier alpha value is 0.845. The zero-order chi connectivity index (χ0) is 4.50. The Balaban J connectivity index is 4.06. The summed E-state index contributed by atoms with van der Waals surface area (Å²) in [6.45, 7) is -3.47. The van der Waals surface area contributed by atoms with Crippen molar-refractivity contribution in [3.63, 3.8) is 0 Å². The van der Waals surface area contributed by atoms with E-state index in [1.54, 1.807) is 0 Å². The molecule has 0 spiro atoms. The van der Waals surface area contributed by atoms with Gasteiger partial charge in [-0.3, -0.25) is 0 Å². The second-order valence-electron chi connectivity index (χ2n) is 0.582. The van der Waals surface area contributed by atoms with Gasteiger partial charge in [0.1, 0.15) is 0 Å². The monoisotopic (exact) mass is 283 g/mol. The minimum atomic E-state index is -3.47. The third-order valence-corrected chi connectivity index (χ3v) is 0. The Morgan fingerprint density at radius 1 is 1.60 bits per heavy atom. The first-order valence-electron chi connectivity index (χ1n) is 0.805. The van der Waals surface area contributed by atoms with E-state index in [4.69, 9.17) is 4.55 Å². The second-order valence-corrected chi connectivity index (χ2v) is 10.3. The van der Waals surface area contributed by atoms with Gasteiger partial charge in [0.15, 0.2) is 0 Å². The summed E-state index contributed by atoms with van der Waals surface area (Å²) >= 11 is -0.516. The minimum absolute atomic E-state index is 0.516. The molecule has 0 rings (SSSR count). The average Bonchev–Trinajstić information content (AvgIpc) is 0.722. The van der Waals surface area contributed by atoms with E-state index in [1.807, 2.05) is 0 Å². The standard InChI is InChI=1S/Hg.HO3S/c;1-4(2)3/h;(H,1,2,3). The van der Waals surface area contributed by atoms with E-state index in [2.05, 4.69) is 0 Å². The quantitative estimate of drug-likeness (QED) is 0.474. The van der Waals surface area contributed by atoms with Crippen molar-refractivity contribution < 1.29 is 37.6 Å². The summed E-state index contributed by atoms with van der Waals surface area (Å²) in [5.41, 5.74) is 0. The molecule has 0 aromatic rings. The summed E-state index contributed by atoms with van der Waals surface area (Å²) in [4.78, 5) is 0. The van der Waals surface area contributed by atoms with Crippen molar-refractivity contribution >= 4 is 6.60 Å². The van der Waals surface area contributed by atoms with Crippen molar-refractivity contribution in [1.82, 2.24) is 0 Å². The first-order chi connectivity index (χ1) is 2.00. The van der Waals surface area contributed by atoms with E-state index in [-0.39, 0.29) is 0 Å². The fraction of sp³-hybridized carbons (Fsp3) is 0. The Labute approximate surface area is 44.2 Å². The van der Waals surface area contributed by atoms with Crippen LogP contribution in [0.15, 0.2) is 0 Å². The van der Waals surface area contributed by atoms with Gasteiger partial charge in [-0.15, -0.1) is 0 Å². The average molecular weight is 282 g/mol. The fourth-order valence-corrected chi connectivity index (χ4v) is 0. The molecule has 0 aromatic carbocycles. The molecule has 0 unspecified atom stereocenters. The zero-order valence-corrected chi connectivity index (χ0v) is 8.69. The Morgan fingerprint density at radius 3 is 1.60 bits per heavy atom. The third-order valence-electron chi connectivity index (χ3n) is 0. The summed E-state index contributed by atoms with van der Waals surface area (Å²) in [6, 6.07) is 0. The maximum atomic E-state index is 9.27. The molecule has 0 fully saturated rings. The van der Waals surface area contributed by atoms with Crippen molar-refractivity contribution in [2.24, 2.45) is 0 Å². The maximum absolute atomic E-state index is 9.27. The van der Waals surface area contributed by atoms with Crippen LogP contribution in [0.3, 0.4) is 0 Å². The normalized spacial score (nSPS) is 11.8. The van der Waals surface area contributed by atoms with Gasteiger partial charge in [-0.1, -0.05) is 0 Å². The van der Waals surface area contributed by atoms with Crippen LogP contribution in [0, 0.1) is 0 Å². The van der Waals surface area contributed by atoms with E-state index in [0.717, 1.165) is 0 Å². The van der Waals surface area contributed by atoms with Crippen molar-refractivity contribution in [2.45, 2.75) is 0 Å². The van der Waals surface area contributed by atoms with E-state index < -0.39 is 31.2 Å². The topological polar surface area (TPSA) is 54.4 Å². The molecule has 0 saturated carbocycles. The number of hydrogen-bond acceptors (Lipinski definition) is 2. The van der Waals surface area contributed by atoms with Crippen LogP contribution in [-0.4, -0.2) is 13.0 Å². The number of hydrogen-bond donors (Lipinski definition) is 1. The predicted molar refractivity (Wildman–Crippen MR) is 11.5 cm³/mol. The Bertz CT molecular complexity index is 90.1. The molecule has 0 aliphatic heterocycles. The van der Waals surface area contributed by atoms with E-state index >= 15 is 0 Å². The summed E-state index contributed by atoms with van der Waals surface area (Å²) in [6.07, 6.45) is 0. The molecule has 5 heteroatoms. The molecule has 5 heavy (non-hydrogen) atoms. The van der Waals surface area contributed by atoms with Gasteiger partial charge in [-0.05, 0) is 0 Å². The molecule has 3 nitrogen and oxygen atoms in total. The van der Waals surface area contributed by atoms with Gasteiger partial charge in [0, 0.05) is 0 Å². The van der Waals surface area contributed by atoms with Crippen LogP contribution >= 0.6 is 0 Å². The molecular weight excluding hydrogens is 281 g/mol. The van der Waals surface area contributed by atoms with Gasteiger partial charge >= 0.3 is 44.2 Å². The SMILES string of the molecule is O=[S](=O)(O)[Hg]. The molecule has 1 N–H and O–H groups in total. The first-order valence-corrected chi connectivity index (χ1v) is 9.15. The van der Waals surface area contributed by atoms with Crippen LogP contribution < -0.4 is 0 Å². The fourth-order valence-electron chi connectivity index (χ4n) is 0. The summed E-state index contributed by atoms with van der Waals surface area (Å²) in [5.74, 6) is 0. The van der Waals surface area contributed by atoms with Crippen molar-refractivity contribution in [1.29, 1.82) is 0 Å². The van der Waals surface area contributed by atoms with E-state index in [0.29, 0.717) is 0 Å². The molecule has 0 aliphatic rings. The molecular formula is HHgO3S. The molecule has 0 atom stereocenters.